The Morgan fingerprint density at radius 1 is 1.04 bits per heavy atom. The number of carboxylic acid groups (broad SMARTS) is 1. The summed E-state index contributed by atoms with van der Waals surface area (Å²) in [6.07, 6.45) is 6.66. The normalized spacial score (nSPS) is 10.6. The standard InChI is InChI=1S/C19H30O5/c1-4-7-9-11-14-13-16(24-19(21)22)17(20)18(23-6-3)15(14)12-10-8-5-2/h13,20H,4-12H2,1-3H3,(H,21,22). The van der Waals surface area contributed by atoms with Crippen LogP contribution in [0.1, 0.15) is 70.4 Å². The van der Waals surface area contributed by atoms with Gasteiger partial charge >= 0.3 is 6.16 Å². The Balaban J connectivity index is 3.24. The minimum absolute atomic E-state index is 0.0447. The number of hydrogen-bond donors (Lipinski definition) is 2. The fourth-order valence-electron chi connectivity index (χ4n) is 2.80. The van der Waals surface area contributed by atoms with Crippen molar-refractivity contribution in [1.82, 2.24) is 0 Å². The number of phenolic OH excluding ortho intramolecular Hbond substituents is 1. The van der Waals surface area contributed by atoms with Crippen LogP contribution in [0.5, 0.6) is 17.2 Å². The molecule has 0 heterocycles. The van der Waals surface area contributed by atoms with Crippen LogP contribution in [0.4, 0.5) is 4.79 Å². The SMILES string of the molecule is CCCCCc1cc(OC(=O)O)c(O)c(OCC)c1CCCCC. The molecule has 0 unspecified atom stereocenters. The third-order valence-corrected chi connectivity index (χ3v) is 3.98. The molecule has 0 saturated carbocycles. The van der Waals surface area contributed by atoms with E-state index < -0.39 is 6.16 Å². The second-order valence-corrected chi connectivity index (χ2v) is 5.91. The first kappa shape index (κ1) is 20.1. The van der Waals surface area contributed by atoms with Crippen molar-refractivity contribution >= 4 is 6.16 Å². The van der Waals surface area contributed by atoms with E-state index in [1.807, 2.05) is 6.92 Å². The Labute approximate surface area is 144 Å². The summed E-state index contributed by atoms with van der Waals surface area (Å²) in [6, 6.07) is 1.66. The number of hydrogen-bond acceptors (Lipinski definition) is 4. The molecule has 24 heavy (non-hydrogen) atoms. The van der Waals surface area contributed by atoms with Gasteiger partial charge in [0.25, 0.3) is 0 Å². The predicted octanol–water partition coefficient (Wildman–Crippen LogP) is 5.31. The molecule has 136 valence electrons. The van der Waals surface area contributed by atoms with Gasteiger partial charge < -0.3 is 19.7 Å². The lowest BCUT2D eigenvalue weighted by atomic mass is 9.95. The molecule has 0 bridgehead atoms. The molecule has 0 spiro atoms. The Bertz CT molecular complexity index is 525. The number of unbranched alkanes of at least 4 members (excludes halogenated alkanes) is 4. The van der Waals surface area contributed by atoms with E-state index in [0.29, 0.717) is 12.4 Å². The Kier molecular flexibility index (Phi) is 9.05. The Hall–Kier alpha value is -1.91. The molecule has 0 aromatic heterocycles. The van der Waals surface area contributed by atoms with Gasteiger partial charge in [-0.05, 0) is 44.2 Å². The summed E-state index contributed by atoms with van der Waals surface area (Å²) in [5, 5.41) is 19.3. The first-order valence-electron chi connectivity index (χ1n) is 8.96. The van der Waals surface area contributed by atoms with Crippen molar-refractivity contribution in [3.63, 3.8) is 0 Å². The molecular weight excluding hydrogens is 308 g/mol. The van der Waals surface area contributed by atoms with Crippen LogP contribution in [-0.4, -0.2) is 23.0 Å². The van der Waals surface area contributed by atoms with Gasteiger partial charge in [-0.2, -0.15) is 0 Å². The van der Waals surface area contributed by atoms with E-state index in [9.17, 15) is 9.90 Å². The average molecular weight is 338 g/mol. The van der Waals surface area contributed by atoms with Crippen molar-refractivity contribution in [2.45, 2.75) is 72.1 Å². The first-order valence-corrected chi connectivity index (χ1v) is 8.96. The minimum atomic E-state index is -1.44. The molecule has 1 aromatic rings. The van der Waals surface area contributed by atoms with E-state index in [0.717, 1.165) is 62.5 Å². The first-order chi connectivity index (χ1) is 11.5. The third-order valence-electron chi connectivity index (χ3n) is 3.98. The van der Waals surface area contributed by atoms with Gasteiger partial charge in [-0.3, -0.25) is 0 Å². The van der Waals surface area contributed by atoms with Gasteiger partial charge in [0.2, 0.25) is 5.75 Å². The molecule has 0 amide bonds. The van der Waals surface area contributed by atoms with Gasteiger partial charge in [0.1, 0.15) is 0 Å². The second-order valence-electron chi connectivity index (χ2n) is 5.91. The Morgan fingerprint density at radius 3 is 2.21 bits per heavy atom. The van der Waals surface area contributed by atoms with Crippen LogP contribution in [0.25, 0.3) is 0 Å². The zero-order valence-corrected chi connectivity index (χ0v) is 15.1. The molecule has 0 aliphatic rings. The highest BCUT2D eigenvalue weighted by molar-refractivity contribution is 5.66. The van der Waals surface area contributed by atoms with Crippen molar-refractivity contribution in [3.05, 3.63) is 17.2 Å². The molecule has 1 aromatic carbocycles. The van der Waals surface area contributed by atoms with Crippen LogP contribution in [0, 0.1) is 0 Å². The molecular formula is C19H30O5. The van der Waals surface area contributed by atoms with Gasteiger partial charge in [0.15, 0.2) is 11.5 Å². The molecule has 0 saturated heterocycles. The van der Waals surface area contributed by atoms with Gasteiger partial charge in [0, 0.05) is 5.56 Å². The number of rotatable bonds is 11. The largest absolute Gasteiger partial charge is 0.511 e. The predicted molar refractivity (Wildman–Crippen MR) is 94.4 cm³/mol. The summed E-state index contributed by atoms with van der Waals surface area (Å²) in [5.74, 6) is 0.112. The summed E-state index contributed by atoms with van der Waals surface area (Å²) in [5.41, 5.74) is 1.99. The smallest absolute Gasteiger partial charge is 0.502 e. The Morgan fingerprint density at radius 2 is 1.67 bits per heavy atom. The highest BCUT2D eigenvalue weighted by atomic mass is 16.7. The maximum atomic E-state index is 10.9. The van der Waals surface area contributed by atoms with Crippen molar-refractivity contribution < 1.29 is 24.5 Å². The van der Waals surface area contributed by atoms with Crippen LogP contribution in [0.3, 0.4) is 0 Å². The van der Waals surface area contributed by atoms with Crippen LogP contribution in [-0.2, 0) is 12.8 Å². The molecule has 2 N–H and O–H groups in total. The van der Waals surface area contributed by atoms with E-state index in [4.69, 9.17) is 14.6 Å². The summed E-state index contributed by atoms with van der Waals surface area (Å²) in [7, 11) is 0. The molecule has 0 aliphatic carbocycles. The fraction of sp³-hybridized carbons (Fsp3) is 0.632. The molecule has 5 heteroatoms. The lowest BCUT2D eigenvalue weighted by molar-refractivity contribution is 0.142. The molecule has 0 fully saturated rings. The van der Waals surface area contributed by atoms with Crippen LogP contribution in [0.2, 0.25) is 0 Å². The van der Waals surface area contributed by atoms with E-state index in [1.54, 1.807) is 6.07 Å². The second kappa shape index (κ2) is 10.8. The average Bonchev–Trinajstić information content (AvgIpc) is 2.54. The topological polar surface area (TPSA) is 76.0 Å². The number of benzene rings is 1. The molecule has 0 radical (unpaired) electrons. The van der Waals surface area contributed by atoms with Crippen LogP contribution < -0.4 is 9.47 Å². The third kappa shape index (κ3) is 5.95. The maximum absolute atomic E-state index is 10.9. The van der Waals surface area contributed by atoms with E-state index >= 15 is 0 Å². The monoisotopic (exact) mass is 338 g/mol. The molecule has 0 aliphatic heterocycles. The number of carbonyl (C=O) groups is 1. The van der Waals surface area contributed by atoms with Crippen LogP contribution in [0.15, 0.2) is 6.07 Å². The molecule has 1 rings (SSSR count). The van der Waals surface area contributed by atoms with Gasteiger partial charge in [-0.1, -0.05) is 39.5 Å². The van der Waals surface area contributed by atoms with Crippen LogP contribution >= 0.6 is 0 Å². The van der Waals surface area contributed by atoms with E-state index in [-0.39, 0.29) is 11.5 Å². The van der Waals surface area contributed by atoms with E-state index in [2.05, 4.69) is 13.8 Å². The highest BCUT2D eigenvalue weighted by Gasteiger charge is 2.21. The summed E-state index contributed by atoms with van der Waals surface area (Å²) in [4.78, 5) is 10.9. The lowest BCUT2D eigenvalue weighted by Gasteiger charge is -2.19. The van der Waals surface area contributed by atoms with Crippen molar-refractivity contribution in [1.29, 1.82) is 0 Å². The number of ether oxygens (including phenoxy) is 2. The summed E-state index contributed by atoms with van der Waals surface area (Å²) >= 11 is 0. The van der Waals surface area contributed by atoms with E-state index in [1.165, 1.54) is 0 Å². The molecule has 0 atom stereocenters. The lowest BCUT2D eigenvalue weighted by Crippen LogP contribution is -2.08. The summed E-state index contributed by atoms with van der Waals surface area (Å²) in [6.45, 7) is 6.53. The number of phenols is 1. The zero-order chi connectivity index (χ0) is 17.9. The van der Waals surface area contributed by atoms with Crippen molar-refractivity contribution in [2.24, 2.45) is 0 Å². The highest BCUT2D eigenvalue weighted by Crippen LogP contribution is 2.42. The molecule has 5 nitrogen and oxygen atoms in total. The summed E-state index contributed by atoms with van der Waals surface area (Å²) < 4.78 is 10.4. The van der Waals surface area contributed by atoms with Crippen molar-refractivity contribution in [2.75, 3.05) is 6.61 Å². The van der Waals surface area contributed by atoms with Gasteiger partial charge in [0.05, 0.1) is 6.61 Å². The van der Waals surface area contributed by atoms with Gasteiger partial charge in [-0.15, -0.1) is 0 Å². The maximum Gasteiger partial charge on any atom is 0.511 e. The number of aromatic hydroxyl groups is 1. The minimum Gasteiger partial charge on any atom is -0.502 e. The van der Waals surface area contributed by atoms with Gasteiger partial charge in [-0.25, -0.2) is 4.79 Å². The zero-order valence-electron chi connectivity index (χ0n) is 15.1. The van der Waals surface area contributed by atoms with Crippen molar-refractivity contribution in [3.8, 4) is 17.2 Å². The quantitative estimate of drug-likeness (QED) is 0.325. The number of aryl methyl sites for hydroxylation is 1. The fourth-order valence-corrected chi connectivity index (χ4v) is 2.80.